The molecule has 3 heterocycles. The second-order valence-electron chi connectivity index (χ2n) is 8.82. The number of aromatic nitrogens is 1. The van der Waals surface area contributed by atoms with Crippen LogP contribution in [0, 0.1) is 5.82 Å². The van der Waals surface area contributed by atoms with E-state index in [-0.39, 0.29) is 17.9 Å². The molecule has 34 heavy (non-hydrogen) atoms. The second-order valence-corrected chi connectivity index (χ2v) is 10.3. The number of benzene rings is 2. The van der Waals surface area contributed by atoms with Gasteiger partial charge >= 0.3 is 6.03 Å². The Morgan fingerprint density at radius 3 is 2.68 bits per heavy atom. The summed E-state index contributed by atoms with van der Waals surface area (Å²) in [5.74, 6) is -0.336. The van der Waals surface area contributed by atoms with Gasteiger partial charge in [0.05, 0.1) is 18.3 Å². The highest BCUT2D eigenvalue weighted by Crippen LogP contribution is 2.44. The van der Waals surface area contributed by atoms with E-state index in [0.717, 1.165) is 24.1 Å². The number of nitrogens with zero attached hydrogens (tertiary/aromatic N) is 2. The number of carbonyl (C=O) groups is 1. The monoisotopic (exact) mass is 491 g/mol. The summed E-state index contributed by atoms with van der Waals surface area (Å²) in [6, 6.07) is 17.1. The molecule has 0 saturated heterocycles. The van der Waals surface area contributed by atoms with Crippen LogP contribution in [0.25, 0.3) is 5.00 Å². The summed E-state index contributed by atoms with van der Waals surface area (Å²) < 4.78 is 15.7. The van der Waals surface area contributed by atoms with Crippen LogP contribution in [0.2, 0.25) is 5.02 Å². The fourth-order valence-electron chi connectivity index (χ4n) is 5.14. The third-order valence-electron chi connectivity index (χ3n) is 6.70. The molecule has 0 unspecified atom stereocenters. The molecule has 172 valence electrons. The predicted octanol–water partition coefficient (Wildman–Crippen LogP) is 7.35. The standard InChI is InChI=1S/C27H23ClFN3OS/c28-18-6-3-5-17(15-18)25-23-8-4-14-31(23)26-22(21-7-1-2-9-24(21)34-26)16-32(25)27(33)30-20-12-10-19(29)11-13-20/h3-6,8,10-15,25H,1-2,7,9,16H2,(H,30,33)/t25-/m1/s1. The Balaban J connectivity index is 1.50. The number of fused-ring (bicyclic) bond motifs is 5. The van der Waals surface area contributed by atoms with Gasteiger partial charge in [0.1, 0.15) is 10.8 Å². The molecule has 4 nitrogen and oxygen atoms in total. The van der Waals surface area contributed by atoms with Gasteiger partial charge in [-0.05, 0) is 85.3 Å². The third kappa shape index (κ3) is 3.71. The number of carbonyl (C=O) groups excluding carboxylic acids is 1. The molecule has 1 aliphatic heterocycles. The van der Waals surface area contributed by atoms with Crippen molar-refractivity contribution < 1.29 is 9.18 Å². The van der Waals surface area contributed by atoms with E-state index in [9.17, 15) is 9.18 Å². The van der Waals surface area contributed by atoms with Gasteiger partial charge in [0, 0.05) is 27.3 Å². The molecule has 2 aliphatic rings. The zero-order valence-electron chi connectivity index (χ0n) is 18.4. The molecule has 2 aromatic carbocycles. The molecular weight excluding hydrogens is 469 g/mol. The van der Waals surface area contributed by atoms with Gasteiger partial charge in [-0.15, -0.1) is 11.3 Å². The Bertz CT molecular complexity index is 1380. The molecule has 7 heteroatoms. The molecule has 1 aliphatic carbocycles. The number of amides is 2. The van der Waals surface area contributed by atoms with Crippen molar-refractivity contribution >= 4 is 34.7 Å². The van der Waals surface area contributed by atoms with E-state index in [0.29, 0.717) is 17.3 Å². The molecule has 4 aromatic rings. The molecule has 1 atom stereocenters. The van der Waals surface area contributed by atoms with E-state index >= 15 is 0 Å². The minimum absolute atomic E-state index is 0.229. The number of hydrogen-bond acceptors (Lipinski definition) is 2. The van der Waals surface area contributed by atoms with Gasteiger partial charge in [0.15, 0.2) is 0 Å². The number of hydrogen-bond donors (Lipinski definition) is 1. The Kier molecular flexibility index (Phi) is 5.42. The first-order valence-corrected chi connectivity index (χ1v) is 12.7. The van der Waals surface area contributed by atoms with Crippen LogP contribution in [0.1, 0.15) is 46.1 Å². The van der Waals surface area contributed by atoms with Crippen molar-refractivity contribution in [2.24, 2.45) is 0 Å². The van der Waals surface area contributed by atoms with Crippen LogP contribution in [-0.4, -0.2) is 15.5 Å². The highest BCUT2D eigenvalue weighted by atomic mass is 35.5. The minimum atomic E-state index is -0.336. The number of nitrogens with one attached hydrogen (secondary N) is 1. The summed E-state index contributed by atoms with van der Waals surface area (Å²) in [6.45, 7) is 0.493. The number of thiophene rings is 1. The zero-order chi connectivity index (χ0) is 23.2. The molecule has 2 aromatic heterocycles. The molecule has 2 amide bonds. The van der Waals surface area contributed by atoms with E-state index in [1.165, 1.54) is 46.0 Å². The van der Waals surface area contributed by atoms with Gasteiger partial charge in [0.2, 0.25) is 0 Å². The number of halogens is 2. The van der Waals surface area contributed by atoms with Gasteiger partial charge in [-0.3, -0.25) is 0 Å². The maximum atomic E-state index is 13.8. The molecule has 0 bridgehead atoms. The molecular formula is C27H23ClFN3OS. The predicted molar refractivity (Wildman–Crippen MR) is 135 cm³/mol. The lowest BCUT2D eigenvalue weighted by molar-refractivity contribution is 0.194. The Hall–Kier alpha value is -3.09. The number of urea groups is 1. The molecule has 1 N–H and O–H groups in total. The second kappa shape index (κ2) is 8.60. The van der Waals surface area contributed by atoms with Crippen molar-refractivity contribution in [1.82, 2.24) is 9.47 Å². The van der Waals surface area contributed by atoms with E-state index in [4.69, 9.17) is 11.6 Å². The molecule has 6 rings (SSSR count). The number of anilines is 1. The third-order valence-corrected chi connectivity index (χ3v) is 8.27. The smallest absolute Gasteiger partial charge is 0.310 e. The van der Waals surface area contributed by atoms with Crippen LogP contribution in [-0.2, 0) is 19.4 Å². The average Bonchev–Trinajstić information content (AvgIpc) is 3.42. The van der Waals surface area contributed by atoms with E-state index < -0.39 is 0 Å². The number of aryl methyl sites for hydroxylation is 1. The lowest BCUT2D eigenvalue weighted by Gasteiger charge is -2.31. The molecule has 0 radical (unpaired) electrons. The summed E-state index contributed by atoms with van der Waals surface area (Å²) in [6.07, 6.45) is 6.63. The van der Waals surface area contributed by atoms with Crippen molar-refractivity contribution in [3.05, 3.63) is 105 Å². The van der Waals surface area contributed by atoms with Crippen molar-refractivity contribution in [2.75, 3.05) is 5.32 Å². The Labute approximate surface area is 206 Å². The van der Waals surface area contributed by atoms with Crippen molar-refractivity contribution in [3.63, 3.8) is 0 Å². The van der Waals surface area contributed by atoms with Gasteiger partial charge in [-0.1, -0.05) is 23.7 Å². The van der Waals surface area contributed by atoms with Crippen molar-refractivity contribution in [1.29, 1.82) is 0 Å². The first-order valence-electron chi connectivity index (χ1n) is 11.5. The minimum Gasteiger partial charge on any atom is -0.310 e. The Morgan fingerprint density at radius 1 is 1.03 bits per heavy atom. The molecule has 0 fully saturated rings. The SMILES string of the molecule is O=C(Nc1ccc(F)cc1)N1Cc2c(sc3c2CCCC3)-n2cccc2[C@H]1c1cccc(Cl)c1. The fraction of sp³-hybridized carbons (Fsp3) is 0.222. The normalized spacial score (nSPS) is 16.9. The van der Waals surface area contributed by atoms with E-state index in [1.54, 1.807) is 12.1 Å². The maximum absolute atomic E-state index is 13.8. The number of rotatable bonds is 2. The summed E-state index contributed by atoms with van der Waals surface area (Å²) in [5.41, 5.74) is 5.16. The van der Waals surface area contributed by atoms with Crippen molar-refractivity contribution in [3.8, 4) is 5.00 Å². The average molecular weight is 492 g/mol. The van der Waals surface area contributed by atoms with Crippen LogP contribution >= 0.6 is 22.9 Å². The van der Waals surface area contributed by atoms with Gasteiger partial charge in [0.25, 0.3) is 0 Å². The summed E-state index contributed by atoms with van der Waals surface area (Å²) in [7, 11) is 0. The highest BCUT2D eigenvalue weighted by Gasteiger charge is 2.36. The van der Waals surface area contributed by atoms with Crippen LogP contribution in [0.4, 0.5) is 14.9 Å². The van der Waals surface area contributed by atoms with E-state index in [2.05, 4.69) is 22.1 Å². The first kappa shape index (κ1) is 21.4. The van der Waals surface area contributed by atoms with Crippen LogP contribution in [0.5, 0.6) is 0 Å². The quantitative estimate of drug-likeness (QED) is 0.313. The summed E-state index contributed by atoms with van der Waals surface area (Å²) in [4.78, 5) is 17.1. The van der Waals surface area contributed by atoms with Crippen LogP contribution in [0.15, 0.2) is 66.9 Å². The first-order chi connectivity index (χ1) is 16.6. The maximum Gasteiger partial charge on any atom is 0.322 e. The van der Waals surface area contributed by atoms with Gasteiger partial charge < -0.3 is 14.8 Å². The summed E-state index contributed by atoms with van der Waals surface area (Å²) >= 11 is 8.24. The fourth-order valence-corrected chi connectivity index (χ4v) is 6.75. The highest BCUT2D eigenvalue weighted by molar-refractivity contribution is 7.15. The lowest BCUT2D eigenvalue weighted by Crippen LogP contribution is -2.38. The summed E-state index contributed by atoms with van der Waals surface area (Å²) in [5, 5.41) is 4.82. The lowest BCUT2D eigenvalue weighted by atomic mass is 9.95. The molecule has 0 saturated carbocycles. The largest absolute Gasteiger partial charge is 0.322 e. The zero-order valence-corrected chi connectivity index (χ0v) is 20.0. The van der Waals surface area contributed by atoms with Crippen LogP contribution in [0.3, 0.4) is 0 Å². The Morgan fingerprint density at radius 2 is 1.85 bits per heavy atom. The molecule has 0 spiro atoms. The topological polar surface area (TPSA) is 37.3 Å². The van der Waals surface area contributed by atoms with Gasteiger partial charge in [-0.25, -0.2) is 9.18 Å². The van der Waals surface area contributed by atoms with Gasteiger partial charge in [-0.2, -0.15) is 0 Å². The van der Waals surface area contributed by atoms with Crippen molar-refractivity contribution in [2.45, 2.75) is 38.3 Å². The van der Waals surface area contributed by atoms with E-state index in [1.807, 2.05) is 46.6 Å². The van der Waals surface area contributed by atoms with Crippen LogP contribution < -0.4 is 5.32 Å².